The number of aromatic nitrogens is 2. The molecule has 0 radical (unpaired) electrons. The fourth-order valence-corrected chi connectivity index (χ4v) is 8.10. The summed E-state index contributed by atoms with van der Waals surface area (Å²) in [6.45, 7) is 0. The molecule has 0 N–H and O–H groups in total. The largest absolute Gasteiger partial charge is 0.264 e. The van der Waals surface area contributed by atoms with Crippen molar-refractivity contribution in [2.75, 3.05) is 0 Å². The van der Waals surface area contributed by atoms with Crippen molar-refractivity contribution in [3.63, 3.8) is 0 Å². The number of nitrogens with zero attached hydrogens (tertiary/aromatic N) is 2. The minimum atomic E-state index is 1.11. The first-order valence-corrected chi connectivity index (χ1v) is 20.3. The topological polar surface area (TPSA) is 25.8 Å². The van der Waals surface area contributed by atoms with E-state index in [9.17, 15) is 0 Å². The van der Waals surface area contributed by atoms with Crippen molar-refractivity contribution in [2.24, 2.45) is 0 Å². The van der Waals surface area contributed by atoms with Crippen LogP contribution in [0, 0.1) is 0 Å². The molecule has 0 spiro atoms. The molecule has 0 aliphatic rings. The van der Waals surface area contributed by atoms with Crippen molar-refractivity contribution >= 4 is 0 Å². The molecule has 282 valence electrons. The van der Waals surface area contributed by atoms with Gasteiger partial charge in [-0.05, 0) is 156 Å². The molecule has 2 aromatic heterocycles. The van der Waals surface area contributed by atoms with E-state index in [1.54, 1.807) is 0 Å². The van der Waals surface area contributed by atoms with Gasteiger partial charge in [0.2, 0.25) is 0 Å². The maximum atomic E-state index is 4.33. The summed E-state index contributed by atoms with van der Waals surface area (Å²) in [5.41, 5.74) is 21.0. The van der Waals surface area contributed by atoms with Crippen LogP contribution in [0.25, 0.3) is 100 Å². The smallest absolute Gasteiger partial charge is 0.0346 e. The Bertz CT molecular complexity index is 2890. The van der Waals surface area contributed by atoms with Crippen molar-refractivity contribution in [1.29, 1.82) is 0 Å². The third kappa shape index (κ3) is 7.83. The van der Waals surface area contributed by atoms with E-state index < -0.39 is 0 Å². The molecule has 0 aliphatic carbocycles. The second kappa shape index (κ2) is 16.5. The van der Waals surface area contributed by atoms with Gasteiger partial charge in [-0.2, -0.15) is 0 Å². The molecule has 0 unspecified atom stereocenters. The number of rotatable bonds is 9. The lowest BCUT2D eigenvalue weighted by molar-refractivity contribution is 1.33. The van der Waals surface area contributed by atoms with Gasteiger partial charge in [-0.15, -0.1) is 0 Å². The summed E-state index contributed by atoms with van der Waals surface area (Å²) in [4.78, 5) is 8.67. The van der Waals surface area contributed by atoms with Gasteiger partial charge < -0.3 is 0 Å². The molecule has 8 aromatic carbocycles. The summed E-state index contributed by atoms with van der Waals surface area (Å²) in [7, 11) is 0. The first-order valence-electron chi connectivity index (χ1n) is 20.3. The highest BCUT2D eigenvalue weighted by Gasteiger charge is 2.12. The first-order chi connectivity index (χ1) is 29.7. The highest BCUT2D eigenvalue weighted by atomic mass is 14.6. The van der Waals surface area contributed by atoms with Crippen LogP contribution >= 0.6 is 0 Å². The highest BCUT2D eigenvalue weighted by molar-refractivity contribution is 5.86. The second-order valence-corrected chi connectivity index (χ2v) is 15.1. The van der Waals surface area contributed by atoms with Crippen LogP contribution in [0.2, 0.25) is 0 Å². The van der Waals surface area contributed by atoms with Gasteiger partial charge in [-0.25, -0.2) is 0 Å². The average Bonchev–Trinajstić information content (AvgIpc) is 3.35. The summed E-state index contributed by atoms with van der Waals surface area (Å²) in [5, 5.41) is 0. The normalized spacial score (nSPS) is 11.0. The number of benzene rings is 8. The monoisotopic (exact) mass is 764 g/mol. The van der Waals surface area contributed by atoms with Crippen LogP contribution in [0.3, 0.4) is 0 Å². The fraction of sp³-hybridized carbons (Fsp3) is 0. The quantitative estimate of drug-likeness (QED) is 0.146. The van der Waals surface area contributed by atoms with Gasteiger partial charge in [0.15, 0.2) is 0 Å². The van der Waals surface area contributed by atoms with E-state index in [4.69, 9.17) is 0 Å². The molecular weight excluding hydrogens is 725 g/mol. The van der Waals surface area contributed by atoms with Crippen LogP contribution in [0.1, 0.15) is 0 Å². The zero-order valence-electron chi connectivity index (χ0n) is 33.0. The summed E-state index contributed by atoms with van der Waals surface area (Å²) in [6, 6.07) is 78.8. The first kappa shape index (κ1) is 36.4. The van der Waals surface area contributed by atoms with E-state index >= 15 is 0 Å². The molecule has 0 atom stereocenters. The Morgan fingerprint density at radius 2 is 0.383 bits per heavy atom. The summed E-state index contributed by atoms with van der Waals surface area (Å²) in [5.74, 6) is 0. The molecular formula is C58H40N2. The summed E-state index contributed by atoms with van der Waals surface area (Å²) >= 11 is 0. The summed E-state index contributed by atoms with van der Waals surface area (Å²) < 4.78 is 0. The zero-order valence-corrected chi connectivity index (χ0v) is 33.0. The standard InChI is InChI=1S/C58H40N2/c1-2-12-41(13-3-1)56-36-57(52-24-8-20-48(34-52)44-16-4-14-42(30-44)46-18-6-22-50(32-46)54-26-10-28-59-39-54)38-58(37-56)53-25-9-21-49(35-53)45-17-5-15-43(31-45)47-19-7-23-51(33-47)55-27-11-29-60-40-55/h1-40H. The fourth-order valence-electron chi connectivity index (χ4n) is 8.10. The zero-order chi connectivity index (χ0) is 40.1. The van der Waals surface area contributed by atoms with E-state index in [1.165, 1.54) is 77.9 Å². The molecule has 2 nitrogen and oxygen atoms in total. The van der Waals surface area contributed by atoms with Crippen molar-refractivity contribution < 1.29 is 0 Å². The van der Waals surface area contributed by atoms with Crippen molar-refractivity contribution in [1.82, 2.24) is 9.97 Å². The van der Waals surface area contributed by atoms with Crippen LogP contribution in [0.5, 0.6) is 0 Å². The second-order valence-electron chi connectivity index (χ2n) is 15.1. The minimum absolute atomic E-state index is 1.11. The van der Waals surface area contributed by atoms with Crippen LogP contribution < -0.4 is 0 Å². The van der Waals surface area contributed by atoms with Gasteiger partial charge in [-0.1, -0.05) is 152 Å². The molecule has 10 aromatic rings. The third-order valence-electron chi connectivity index (χ3n) is 11.2. The van der Waals surface area contributed by atoms with Crippen LogP contribution in [-0.4, -0.2) is 9.97 Å². The van der Waals surface area contributed by atoms with Crippen molar-refractivity contribution in [3.8, 4) is 100 Å². The lowest BCUT2D eigenvalue weighted by atomic mass is 9.90. The molecule has 0 saturated carbocycles. The molecule has 2 heteroatoms. The van der Waals surface area contributed by atoms with E-state index in [1.807, 2.05) is 36.9 Å². The van der Waals surface area contributed by atoms with Crippen LogP contribution in [0.15, 0.2) is 243 Å². The number of hydrogen-bond acceptors (Lipinski definition) is 2. The molecule has 60 heavy (non-hydrogen) atoms. The minimum Gasteiger partial charge on any atom is -0.264 e. The van der Waals surface area contributed by atoms with Gasteiger partial charge in [0.25, 0.3) is 0 Å². The molecule has 2 heterocycles. The molecule has 0 fully saturated rings. The van der Waals surface area contributed by atoms with E-state index in [2.05, 4.69) is 216 Å². The summed E-state index contributed by atoms with van der Waals surface area (Å²) in [6.07, 6.45) is 7.46. The van der Waals surface area contributed by atoms with Crippen molar-refractivity contribution in [3.05, 3.63) is 243 Å². The van der Waals surface area contributed by atoms with Crippen molar-refractivity contribution in [2.45, 2.75) is 0 Å². The Hall–Kier alpha value is -7.94. The molecule has 0 bridgehead atoms. The van der Waals surface area contributed by atoms with E-state index in [0.717, 1.165) is 22.3 Å². The molecule has 0 aliphatic heterocycles. The SMILES string of the molecule is c1ccc(-c2cc(-c3cccc(-c4cccc(-c5cccc(-c6cccnc6)c5)c4)c3)cc(-c3cccc(-c4cccc(-c5cccc(-c6cccnc6)c5)c4)c3)c2)cc1. The van der Waals surface area contributed by atoms with Crippen LogP contribution in [0.4, 0.5) is 0 Å². The van der Waals surface area contributed by atoms with Gasteiger partial charge >= 0.3 is 0 Å². The molecule has 10 rings (SSSR count). The predicted molar refractivity (Wildman–Crippen MR) is 251 cm³/mol. The number of pyridine rings is 2. The number of hydrogen-bond donors (Lipinski definition) is 0. The highest BCUT2D eigenvalue weighted by Crippen LogP contribution is 2.37. The van der Waals surface area contributed by atoms with Gasteiger partial charge in [0.1, 0.15) is 0 Å². The van der Waals surface area contributed by atoms with Gasteiger partial charge in [0, 0.05) is 35.9 Å². The maximum Gasteiger partial charge on any atom is 0.0346 e. The Labute approximate surface area is 351 Å². The Morgan fingerprint density at radius 1 is 0.167 bits per heavy atom. The Kier molecular flexibility index (Phi) is 10.0. The lowest BCUT2D eigenvalue weighted by Crippen LogP contribution is -1.88. The third-order valence-corrected chi connectivity index (χ3v) is 11.2. The Balaban J connectivity index is 0.997. The van der Waals surface area contributed by atoms with E-state index in [-0.39, 0.29) is 0 Å². The molecule has 0 saturated heterocycles. The Morgan fingerprint density at radius 3 is 0.667 bits per heavy atom. The maximum absolute atomic E-state index is 4.33. The van der Waals surface area contributed by atoms with Gasteiger partial charge in [0.05, 0.1) is 0 Å². The molecule has 0 amide bonds. The van der Waals surface area contributed by atoms with E-state index in [0.29, 0.717) is 0 Å². The van der Waals surface area contributed by atoms with Gasteiger partial charge in [-0.3, -0.25) is 9.97 Å². The van der Waals surface area contributed by atoms with Crippen LogP contribution in [-0.2, 0) is 0 Å². The lowest BCUT2D eigenvalue weighted by Gasteiger charge is -2.14. The average molecular weight is 765 g/mol. The predicted octanol–water partition coefficient (Wildman–Crippen LogP) is 15.5.